The number of aryl methyl sites for hydroxylation is 1. The van der Waals surface area contributed by atoms with Crippen molar-refractivity contribution in [2.45, 2.75) is 19.9 Å². The van der Waals surface area contributed by atoms with Crippen LogP contribution in [0, 0.1) is 0 Å². The maximum Gasteiger partial charge on any atom is 0.252 e. The minimum Gasteiger partial charge on any atom is -0.494 e. The van der Waals surface area contributed by atoms with Gasteiger partial charge in [0.05, 0.1) is 23.2 Å². The van der Waals surface area contributed by atoms with Crippen LogP contribution in [0.5, 0.6) is 5.75 Å². The monoisotopic (exact) mass is 474 g/mol. The van der Waals surface area contributed by atoms with Gasteiger partial charge in [-0.2, -0.15) is 0 Å². The zero-order valence-corrected chi connectivity index (χ0v) is 19.5. The summed E-state index contributed by atoms with van der Waals surface area (Å²) in [6.45, 7) is 3.94. The van der Waals surface area contributed by atoms with Crippen molar-refractivity contribution >= 4 is 62.4 Å². The van der Waals surface area contributed by atoms with Crippen molar-refractivity contribution in [3.05, 3.63) is 65.4 Å². The Labute approximate surface area is 195 Å². The minimum absolute atomic E-state index is 0. The van der Waals surface area contributed by atoms with Gasteiger partial charge in [-0.1, -0.05) is 17.4 Å². The molecule has 4 rings (SSSR count). The molecule has 31 heavy (non-hydrogen) atoms. The molecule has 0 saturated heterocycles. The fourth-order valence-electron chi connectivity index (χ4n) is 3.02. The van der Waals surface area contributed by atoms with E-state index < -0.39 is 0 Å². The van der Waals surface area contributed by atoms with E-state index in [0.717, 1.165) is 33.8 Å². The highest BCUT2D eigenvalue weighted by Gasteiger charge is 2.18. The van der Waals surface area contributed by atoms with E-state index >= 15 is 0 Å². The van der Waals surface area contributed by atoms with E-state index in [1.54, 1.807) is 34.8 Å². The number of ether oxygens (including phenoxy) is 1. The highest BCUT2D eigenvalue weighted by Crippen LogP contribution is 2.32. The Morgan fingerprint density at radius 3 is 2.97 bits per heavy atom. The molecule has 0 radical (unpaired) electrons. The molecule has 3 aromatic heterocycles. The van der Waals surface area contributed by atoms with Gasteiger partial charge >= 0.3 is 0 Å². The van der Waals surface area contributed by atoms with E-state index in [0.29, 0.717) is 18.3 Å². The van der Waals surface area contributed by atoms with Gasteiger partial charge in [-0.3, -0.25) is 9.69 Å². The molecule has 0 aliphatic carbocycles. The standard InChI is InChI=1S/C22H22N4O2S2.ClH/c1-2-28-17-6-8-19-20(15-17)30-22(24-19)26(12-4-11-25-13-10-23-16-25)21(27)9-7-18-5-3-14-29-18;/h3,5-10,13-16H,2,4,11-12H2,1H3;1H/b9-7+;. The average Bonchev–Trinajstić information content (AvgIpc) is 3.51. The van der Waals surface area contributed by atoms with E-state index in [2.05, 4.69) is 4.98 Å². The van der Waals surface area contributed by atoms with E-state index in [4.69, 9.17) is 9.72 Å². The van der Waals surface area contributed by atoms with E-state index in [9.17, 15) is 4.79 Å². The zero-order valence-electron chi connectivity index (χ0n) is 17.0. The van der Waals surface area contributed by atoms with Crippen molar-refractivity contribution in [2.24, 2.45) is 0 Å². The molecule has 0 fully saturated rings. The number of amides is 1. The van der Waals surface area contributed by atoms with Gasteiger partial charge in [-0.25, -0.2) is 9.97 Å². The van der Waals surface area contributed by atoms with Gasteiger partial charge in [0, 0.05) is 36.4 Å². The lowest BCUT2D eigenvalue weighted by Gasteiger charge is -2.18. The number of carbonyl (C=O) groups is 1. The van der Waals surface area contributed by atoms with Crippen molar-refractivity contribution in [2.75, 3.05) is 18.1 Å². The summed E-state index contributed by atoms with van der Waals surface area (Å²) in [5.74, 6) is 0.744. The van der Waals surface area contributed by atoms with Gasteiger partial charge < -0.3 is 9.30 Å². The van der Waals surface area contributed by atoms with Crippen LogP contribution in [-0.4, -0.2) is 33.6 Å². The fourth-order valence-corrected chi connectivity index (χ4v) is 4.67. The van der Waals surface area contributed by atoms with Crippen molar-refractivity contribution in [1.29, 1.82) is 0 Å². The Hall–Kier alpha value is -2.68. The Morgan fingerprint density at radius 2 is 2.23 bits per heavy atom. The van der Waals surface area contributed by atoms with Crippen molar-refractivity contribution < 1.29 is 9.53 Å². The molecule has 4 aromatic rings. The third-order valence-corrected chi connectivity index (χ3v) is 6.33. The summed E-state index contributed by atoms with van der Waals surface area (Å²) in [6, 6.07) is 9.80. The fraction of sp³-hybridized carbons (Fsp3) is 0.227. The number of benzene rings is 1. The van der Waals surface area contributed by atoms with Crippen molar-refractivity contribution in [3.8, 4) is 5.75 Å². The summed E-state index contributed by atoms with van der Waals surface area (Å²) in [7, 11) is 0. The summed E-state index contributed by atoms with van der Waals surface area (Å²) >= 11 is 3.11. The molecule has 0 spiro atoms. The number of anilines is 1. The molecule has 0 aliphatic rings. The smallest absolute Gasteiger partial charge is 0.252 e. The van der Waals surface area contributed by atoms with Gasteiger partial charge in [-0.05, 0) is 49.1 Å². The molecule has 0 N–H and O–H groups in total. The SMILES string of the molecule is CCOc1ccc2nc(N(CCCn3ccnc3)C(=O)/C=C/c3cccs3)sc2c1.Cl. The number of hydrogen-bond acceptors (Lipinski definition) is 6. The molecule has 0 bridgehead atoms. The lowest BCUT2D eigenvalue weighted by Crippen LogP contribution is -2.30. The Kier molecular flexibility index (Phi) is 8.22. The normalized spacial score (nSPS) is 11.0. The first-order valence-corrected chi connectivity index (χ1v) is 11.4. The van der Waals surface area contributed by atoms with Crippen LogP contribution in [-0.2, 0) is 11.3 Å². The molecular formula is C22H23ClN4O2S2. The number of aromatic nitrogens is 3. The predicted molar refractivity (Wildman–Crippen MR) is 131 cm³/mol. The summed E-state index contributed by atoms with van der Waals surface area (Å²) in [4.78, 5) is 24.6. The first-order valence-electron chi connectivity index (χ1n) is 9.75. The molecular weight excluding hydrogens is 452 g/mol. The zero-order chi connectivity index (χ0) is 20.8. The van der Waals surface area contributed by atoms with Crippen LogP contribution >= 0.6 is 35.1 Å². The molecule has 0 atom stereocenters. The second-order valence-corrected chi connectivity index (χ2v) is 8.54. The van der Waals surface area contributed by atoms with Crippen LogP contribution in [0.3, 0.4) is 0 Å². The number of imidazole rings is 1. The van der Waals surface area contributed by atoms with Gasteiger partial charge in [-0.15, -0.1) is 23.7 Å². The van der Waals surface area contributed by atoms with Gasteiger partial charge in [0.2, 0.25) is 0 Å². The van der Waals surface area contributed by atoms with Crippen LogP contribution in [0.2, 0.25) is 0 Å². The van der Waals surface area contributed by atoms with Gasteiger partial charge in [0.1, 0.15) is 5.75 Å². The second kappa shape index (κ2) is 11.1. The van der Waals surface area contributed by atoms with Crippen molar-refractivity contribution in [1.82, 2.24) is 14.5 Å². The third kappa shape index (κ3) is 5.94. The average molecular weight is 475 g/mol. The van der Waals surface area contributed by atoms with Crippen LogP contribution in [0.1, 0.15) is 18.2 Å². The molecule has 1 amide bonds. The number of rotatable bonds is 9. The predicted octanol–water partition coefficient (Wildman–Crippen LogP) is 5.51. The largest absolute Gasteiger partial charge is 0.494 e. The topological polar surface area (TPSA) is 60.2 Å². The van der Waals surface area contributed by atoms with Gasteiger partial charge in [0.25, 0.3) is 5.91 Å². The van der Waals surface area contributed by atoms with Crippen LogP contribution in [0.15, 0.2) is 60.5 Å². The lowest BCUT2D eigenvalue weighted by molar-refractivity contribution is -0.114. The Balaban J connectivity index is 0.00000272. The van der Waals surface area contributed by atoms with E-state index in [1.807, 2.05) is 59.5 Å². The Bertz CT molecular complexity index is 1120. The highest BCUT2D eigenvalue weighted by molar-refractivity contribution is 7.22. The number of fused-ring (bicyclic) bond motifs is 1. The molecule has 162 valence electrons. The molecule has 9 heteroatoms. The molecule has 3 heterocycles. The molecule has 0 saturated carbocycles. The van der Waals surface area contributed by atoms with Crippen LogP contribution in [0.4, 0.5) is 5.13 Å². The minimum atomic E-state index is -0.0712. The summed E-state index contributed by atoms with van der Waals surface area (Å²) in [6.07, 6.45) is 9.76. The molecule has 0 aliphatic heterocycles. The number of halogens is 1. The van der Waals surface area contributed by atoms with E-state index in [1.165, 1.54) is 11.3 Å². The molecule has 0 unspecified atom stereocenters. The Morgan fingerprint density at radius 1 is 1.32 bits per heavy atom. The molecule has 1 aromatic carbocycles. The highest BCUT2D eigenvalue weighted by atomic mass is 35.5. The summed E-state index contributed by atoms with van der Waals surface area (Å²) < 4.78 is 8.61. The summed E-state index contributed by atoms with van der Waals surface area (Å²) in [5.41, 5.74) is 0.869. The number of thiazole rings is 1. The number of nitrogens with zero attached hydrogens (tertiary/aromatic N) is 4. The quantitative estimate of drug-likeness (QED) is 0.300. The third-order valence-electron chi connectivity index (χ3n) is 4.45. The molecule has 6 nitrogen and oxygen atoms in total. The van der Waals surface area contributed by atoms with Gasteiger partial charge in [0.15, 0.2) is 5.13 Å². The first-order chi connectivity index (χ1) is 14.7. The maximum absolute atomic E-state index is 13.0. The second-order valence-electron chi connectivity index (χ2n) is 6.55. The maximum atomic E-state index is 13.0. The number of thiophene rings is 1. The number of hydrogen-bond donors (Lipinski definition) is 0. The number of carbonyl (C=O) groups excluding carboxylic acids is 1. The van der Waals surface area contributed by atoms with E-state index in [-0.39, 0.29) is 18.3 Å². The first kappa shape index (κ1) is 23.0. The van der Waals surface area contributed by atoms with Crippen molar-refractivity contribution in [3.63, 3.8) is 0 Å². The van der Waals surface area contributed by atoms with Crippen LogP contribution < -0.4 is 9.64 Å². The lowest BCUT2D eigenvalue weighted by atomic mass is 10.3. The van der Waals surface area contributed by atoms with Crippen LogP contribution in [0.25, 0.3) is 16.3 Å². The summed E-state index contributed by atoms with van der Waals surface area (Å²) in [5, 5.41) is 2.70.